The normalized spacial score (nSPS) is 10.3. The quantitative estimate of drug-likeness (QED) is 0.501. The van der Waals surface area contributed by atoms with Gasteiger partial charge in [-0.25, -0.2) is 0 Å². The van der Waals surface area contributed by atoms with Gasteiger partial charge in [0.25, 0.3) is 11.6 Å². The van der Waals surface area contributed by atoms with Crippen molar-refractivity contribution in [2.75, 3.05) is 12.3 Å². The summed E-state index contributed by atoms with van der Waals surface area (Å²) < 4.78 is 0.694. The van der Waals surface area contributed by atoms with Crippen molar-refractivity contribution < 1.29 is 9.72 Å². The number of amides is 1. The van der Waals surface area contributed by atoms with Crippen molar-refractivity contribution in [3.63, 3.8) is 0 Å². The van der Waals surface area contributed by atoms with E-state index >= 15 is 0 Å². The van der Waals surface area contributed by atoms with Crippen LogP contribution in [0.1, 0.15) is 15.2 Å². The fourth-order valence-electron chi connectivity index (χ4n) is 1.79. The zero-order valence-corrected chi connectivity index (χ0v) is 12.4. The molecule has 0 unspecified atom stereocenters. The van der Waals surface area contributed by atoms with E-state index in [1.807, 2.05) is 6.07 Å². The van der Waals surface area contributed by atoms with E-state index in [-0.39, 0.29) is 16.9 Å². The predicted octanol–water partition coefficient (Wildman–Crippen LogP) is 2.86. The summed E-state index contributed by atoms with van der Waals surface area (Å²) in [5, 5.41) is 13.5. The SMILES string of the molecule is Nc1c(C(=O)NCCc2ccc(Cl)s2)cccc1[N+](=O)[O-]. The van der Waals surface area contributed by atoms with Gasteiger partial charge in [0.1, 0.15) is 5.69 Å². The Labute approximate surface area is 129 Å². The van der Waals surface area contributed by atoms with Crippen molar-refractivity contribution in [1.29, 1.82) is 0 Å². The summed E-state index contributed by atoms with van der Waals surface area (Å²) in [6.45, 7) is 0.401. The molecule has 0 saturated heterocycles. The maximum atomic E-state index is 12.0. The molecule has 3 N–H and O–H groups in total. The number of benzene rings is 1. The number of nitrogens with two attached hydrogens (primary N) is 1. The van der Waals surface area contributed by atoms with Crippen LogP contribution in [0.25, 0.3) is 0 Å². The molecule has 1 heterocycles. The van der Waals surface area contributed by atoms with Gasteiger partial charge in [0.15, 0.2) is 0 Å². The number of hydrogen-bond donors (Lipinski definition) is 2. The average molecular weight is 326 g/mol. The predicted molar refractivity (Wildman–Crippen MR) is 82.9 cm³/mol. The van der Waals surface area contributed by atoms with Crippen LogP contribution < -0.4 is 11.1 Å². The lowest BCUT2D eigenvalue weighted by Gasteiger charge is -2.07. The van der Waals surface area contributed by atoms with Crippen LogP contribution in [0.5, 0.6) is 0 Å². The molecule has 0 saturated carbocycles. The molecule has 1 amide bonds. The largest absolute Gasteiger partial charge is 0.393 e. The number of rotatable bonds is 5. The van der Waals surface area contributed by atoms with Gasteiger partial charge in [0.2, 0.25) is 0 Å². The summed E-state index contributed by atoms with van der Waals surface area (Å²) in [6, 6.07) is 7.84. The lowest BCUT2D eigenvalue weighted by atomic mass is 10.1. The van der Waals surface area contributed by atoms with E-state index in [4.69, 9.17) is 17.3 Å². The van der Waals surface area contributed by atoms with Crippen molar-refractivity contribution in [2.24, 2.45) is 0 Å². The van der Waals surface area contributed by atoms with Crippen molar-refractivity contribution in [3.8, 4) is 0 Å². The number of anilines is 1. The maximum Gasteiger partial charge on any atom is 0.292 e. The molecular formula is C13H12ClN3O3S. The van der Waals surface area contributed by atoms with Crippen molar-refractivity contribution in [3.05, 3.63) is 55.2 Å². The Bertz CT molecular complexity index is 687. The second kappa shape index (κ2) is 6.55. The van der Waals surface area contributed by atoms with Crippen LogP contribution in [0.4, 0.5) is 11.4 Å². The number of carbonyl (C=O) groups is 1. The Morgan fingerprint density at radius 2 is 2.14 bits per heavy atom. The standard InChI is InChI=1S/C13H12ClN3O3S/c14-11-5-4-8(21-11)6-7-16-13(18)9-2-1-3-10(12(9)15)17(19)20/h1-5H,6-7,15H2,(H,16,18). The fourth-order valence-corrected chi connectivity index (χ4v) is 2.88. The van der Waals surface area contributed by atoms with E-state index in [0.717, 1.165) is 4.88 Å². The zero-order valence-electron chi connectivity index (χ0n) is 10.8. The fraction of sp³-hybridized carbons (Fsp3) is 0.154. The van der Waals surface area contributed by atoms with Crippen molar-refractivity contribution >= 4 is 40.2 Å². The highest BCUT2D eigenvalue weighted by atomic mass is 35.5. The molecule has 2 rings (SSSR count). The van der Waals surface area contributed by atoms with E-state index in [1.165, 1.54) is 29.5 Å². The molecule has 2 aromatic rings. The summed E-state index contributed by atoms with van der Waals surface area (Å²) in [5.74, 6) is -0.432. The van der Waals surface area contributed by atoms with Gasteiger partial charge in [0, 0.05) is 17.5 Å². The number of nitrogen functional groups attached to an aromatic ring is 1. The molecule has 6 nitrogen and oxygen atoms in total. The van der Waals surface area contributed by atoms with E-state index in [0.29, 0.717) is 17.3 Å². The number of nitrogens with zero attached hydrogens (tertiary/aromatic N) is 1. The van der Waals surface area contributed by atoms with E-state index in [2.05, 4.69) is 5.32 Å². The molecule has 0 aliphatic heterocycles. The minimum Gasteiger partial charge on any atom is -0.393 e. The highest BCUT2D eigenvalue weighted by molar-refractivity contribution is 7.16. The number of carbonyl (C=O) groups excluding carboxylic acids is 1. The summed E-state index contributed by atoms with van der Waals surface area (Å²) in [5.41, 5.74) is 5.36. The molecule has 0 aliphatic rings. The Kier molecular flexibility index (Phi) is 4.77. The first-order valence-corrected chi connectivity index (χ1v) is 7.24. The molecule has 1 aromatic heterocycles. The molecule has 0 radical (unpaired) electrons. The van der Waals surface area contributed by atoms with Crippen LogP contribution in [0, 0.1) is 10.1 Å². The molecule has 0 atom stereocenters. The van der Waals surface area contributed by atoms with Gasteiger partial charge in [-0.2, -0.15) is 0 Å². The summed E-state index contributed by atoms with van der Waals surface area (Å²) in [7, 11) is 0. The highest BCUT2D eigenvalue weighted by Crippen LogP contribution is 2.25. The first kappa shape index (κ1) is 15.3. The second-order valence-electron chi connectivity index (χ2n) is 4.21. The van der Waals surface area contributed by atoms with Gasteiger partial charge in [0.05, 0.1) is 14.8 Å². The van der Waals surface area contributed by atoms with Gasteiger partial charge < -0.3 is 11.1 Å². The van der Waals surface area contributed by atoms with Crippen LogP contribution in [0.2, 0.25) is 4.34 Å². The number of halogens is 1. The topological polar surface area (TPSA) is 98.3 Å². The Morgan fingerprint density at radius 1 is 1.38 bits per heavy atom. The third-order valence-electron chi connectivity index (χ3n) is 2.81. The minimum atomic E-state index is -0.611. The molecule has 0 bridgehead atoms. The molecular weight excluding hydrogens is 314 g/mol. The van der Waals surface area contributed by atoms with Gasteiger partial charge in [-0.05, 0) is 24.6 Å². The second-order valence-corrected chi connectivity index (χ2v) is 6.01. The molecule has 21 heavy (non-hydrogen) atoms. The third-order valence-corrected chi connectivity index (χ3v) is 4.10. The van der Waals surface area contributed by atoms with Crippen LogP contribution in [-0.4, -0.2) is 17.4 Å². The third kappa shape index (κ3) is 3.71. The van der Waals surface area contributed by atoms with Crippen LogP contribution in [0.3, 0.4) is 0 Å². The lowest BCUT2D eigenvalue weighted by molar-refractivity contribution is -0.383. The summed E-state index contributed by atoms with van der Waals surface area (Å²) in [6.07, 6.45) is 0.637. The van der Waals surface area contributed by atoms with Crippen molar-refractivity contribution in [2.45, 2.75) is 6.42 Å². The molecule has 110 valence electrons. The van der Waals surface area contributed by atoms with E-state index in [9.17, 15) is 14.9 Å². The average Bonchev–Trinajstić information content (AvgIpc) is 2.84. The number of para-hydroxylation sites is 1. The minimum absolute atomic E-state index is 0.105. The number of thiophene rings is 1. The molecule has 8 heteroatoms. The maximum absolute atomic E-state index is 12.0. The highest BCUT2D eigenvalue weighted by Gasteiger charge is 2.18. The number of nitro benzene ring substituents is 1. The van der Waals surface area contributed by atoms with Gasteiger partial charge in [-0.15, -0.1) is 11.3 Å². The van der Waals surface area contributed by atoms with E-state index < -0.39 is 10.8 Å². The Balaban J connectivity index is 2.00. The van der Waals surface area contributed by atoms with Crippen molar-refractivity contribution in [1.82, 2.24) is 5.32 Å². The van der Waals surface area contributed by atoms with Gasteiger partial charge in [-0.1, -0.05) is 17.7 Å². The first-order valence-electron chi connectivity index (χ1n) is 6.04. The van der Waals surface area contributed by atoms with E-state index in [1.54, 1.807) is 6.07 Å². The molecule has 0 aliphatic carbocycles. The van der Waals surface area contributed by atoms with Gasteiger partial charge >= 0.3 is 0 Å². The lowest BCUT2D eigenvalue weighted by Crippen LogP contribution is -2.26. The summed E-state index contributed by atoms with van der Waals surface area (Å²) in [4.78, 5) is 23.2. The smallest absolute Gasteiger partial charge is 0.292 e. The first-order chi connectivity index (χ1) is 9.99. The van der Waals surface area contributed by atoms with Crippen LogP contribution in [0.15, 0.2) is 30.3 Å². The zero-order chi connectivity index (χ0) is 15.4. The van der Waals surface area contributed by atoms with Crippen LogP contribution >= 0.6 is 22.9 Å². The summed E-state index contributed by atoms with van der Waals surface area (Å²) >= 11 is 7.26. The Morgan fingerprint density at radius 3 is 2.76 bits per heavy atom. The number of nitro groups is 1. The molecule has 0 fully saturated rings. The molecule has 1 aromatic carbocycles. The van der Waals surface area contributed by atoms with Gasteiger partial charge in [-0.3, -0.25) is 14.9 Å². The number of hydrogen-bond acceptors (Lipinski definition) is 5. The number of nitrogens with one attached hydrogen (secondary N) is 1. The molecule has 0 spiro atoms. The Hall–Kier alpha value is -2.12. The monoisotopic (exact) mass is 325 g/mol. The van der Waals surface area contributed by atoms with Crippen LogP contribution in [-0.2, 0) is 6.42 Å².